The lowest BCUT2D eigenvalue weighted by atomic mass is 9.52. The van der Waals surface area contributed by atoms with Crippen LogP contribution in [0.5, 0.6) is 69.0 Å². The second-order valence-corrected chi connectivity index (χ2v) is 18.9. The van der Waals surface area contributed by atoms with Crippen LogP contribution in [-0.2, 0) is 42.7 Å². The van der Waals surface area contributed by atoms with Gasteiger partial charge in [0.1, 0.15) is 47.6 Å². The molecule has 31 nitrogen and oxygen atoms in total. The minimum Gasteiger partial charge on any atom is -0.504 e. The van der Waals surface area contributed by atoms with E-state index in [1.165, 1.54) is 0 Å². The molecule has 17 N–H and O–H groups in total. The number of fused-ring (bicyclic) bond motifs is 5. The summed E-state index contributed by atoms with van der Waals surface area (Å²) < 4.78 is 51.6. The number of carbonyl (C=O) groups is 5. The third-order valence-corrected chi connectivity index (χ3v) is 14.7. The van der Waals surface area contributed by atoms with E-state index < -0.39 is 241 Å². The Hall–Kier alpha value is -8.53. The molecule has 6 heterocycles. The van der Waals surface area contributed by atoms with Crippen molar-refractivity contribution in [1.82, 2.24) is 0 Å². The number of phenolic OH excluding ortho intramolecular Hbond substituents is 11. The van der Waals surface area contributed by atoms with E-state index in [-0.39, 0.29) is 0 Å². The molecule has 12 atom stereocenters. The summed E-state index contributed by atoms with van der Waals surface area (Å²) in [6.07, 6.45) is -22.0. The summed E-state index contributed by atoms with van der Waals surface area (Å²) in [5.41, 5.74) is -10.9. The zero-order valence-corrected chi connectivity index (χ0v) is 38.1. The van der Waals surface area contributed by atoms with E-state index in [1.807, 2.05) is 0 Å². The van der Waals surface area contributed by atoms with Crippen LogP contribution in [0.3, 0.4) is 0 Å². The largest absolute Gasteiger partial charge is 0.504 e. The lowest BCUT2D eigenvalue weighted by Crippen LogP contribution is -2.85. The van der Waals surface area contributed by atoms with Gasteiger partial charge in [-0.1, -0.05) is 0 Å². The first-order valence-electron chi connectivity index (χ1n) is 22.4. The minimum absolute atomic E-state index is 0.325. The monoisotopic (exact) mass is 1090 g/mol. The van der Waals surface area contributed by atoms with Gasteiger partial charge in [-0.3, -0.25) is 4.79 Å². The van der Waals surface area contributed by atoms with Crippen LogP contribution in [0.1, 0.15) is 59.3 Å². The Morgan fingerprint density at radius 1 is 0.584 bits per heavy atom. The smallest absolute Gasteiger partial charge is 0.344 e. The first-order valence-corrected chi connectivity index (χ1v) is 22.4. The number of benzene rings is 4. The van der Waals surface area contributed by atoms with Gasteiger partial charge in [0.15, 0.2) is 58.2 Å². The molecule has 77 heavy (non-hydrogen) atoms. The fourth-order valence-corrected chi connectivity index (χ4v) is 11.0. The first kappa shape index (κ1) is 50.6. The molecule has 0 amide bonds. The van der Waals surface area contributed by atoms with Gasteiger partial charge in [-0.05, 0) is 36.8 Å². The summed E-state index contributed by atoms with van der Waals surface area (Å²) in [7, 11) is 0. The van der Waals surface area contributed by atoms with Crippen molar-refractivity contribution in [3.05, 3.63) is 58.1 Å². The number of ether oxygens (including phenoxy) is 9. The van der Waals surface area contributed by atoms with Crippen molar-refractivity contribution in [2.45, 2.75) is 84.8 Å². The number of phenols is 11. The Labute approximate surface area is 424 Å². The van der Waals surface area contributed by atoms with Crippen LogP contribution in [-0.4, -0.2) is 202 Å². The number of hydrogen-bond acceptors (Lipinski definition) is 31. The third-order valence-electron chi connectivity index (χ3n) is 14.7. The maximum absolute atomic E-state index is 15.9. The van der Waals surface area contributed by atoms with Crippen molar-refractivity contribution in [1.29, 1.82) is 0 Å². The summed E-state index contributed by atoms with van der Waals surface area (Å²) in [6.45, 7) is -2.02. The molecule has 0 radical (unpaired) electrons. The molecule has 11 rings (SSSR count). The van der Waals surface area contributed by atoms with Crippen molar-refractivity contribution >= 4 is 29.8 Å². The van der Waals surface area contributed by atoms with E-state index >= 15 is 4.79 Å². The number of esters is 5. The summed E-state index contributed by atoms with van der Waals surface area (Å²) in [5.74, 6) is -41.3. The van der Waals surface area contributed by atoms with Gasteiger partial charge in [0.05, 0.1) is 29.8 Å². The summed E-state index contributed by atoms with van der Waals surface area (Å²) in [6, 6.07) is 2.64. The van der Waals surface area contributed by atoms with Crippen LogP contribution in [0.2, 0.25) is 0 Å². The number of rotatable bonds is 2. The van der Waals surface area contributed by atoms with E-state index in [1.54, 1.807) is 0 Å². The molecule has 1 aliphatic carbocycles. The zero-order chi connectivity index (χ0) is 55.7. The molecule has 1 spiro atoms. The SMILES string of the molecule is O=C(O[C@@H]1O[C@@H]2COC(=O)c3cc(O)c(O)c(O)c3-c3c(cc(O)c(O)c3O)C(=O)O[C@@H]3[C@H]1OC(=O)c1cc4c(c(O)c1O)O[C@]1(O)[C@@H]4[C@@]4(C[C@H]5OC[C@H](O)[C@H]5O[C@@H]4C(O)(O)C1(O)O)C(=O)O[C@@H]32)c1ccc(O)c(O)c1O. The van der Waals surface area contributed by atoms with Crippen molar-refractivity contribution in [3.8, 4) is 80.1 Å². The van der Waals surface area contributed by atoms with Gasteiger partial charge in [-0.2, -0.15) is 0 Å². The Bertz CT molecular complexity index is 3310. The Morgan fingerprint density at radius 3 is 1.83 bits per heavy atom. The quantitative estimate of drug-likeness (QED) is 0.0411. The molecule has 408 valence electrons. The van der Waals surface area contributed by atoms with E-state index in [2.05, 4.69) is 0 Å². The average molecular weight is 1090 g/mol. The molecule has 0 aromatic heterocycles. The molecule has 3 saturated heterocycles. The van der Waals surface area contributed by atoms with E-state index in [9.17, 15) is 106 Å². The Balaban J connectivity index is 1.17. The summed E-state index contributed by atoms with van der Waals surface area (Å²) in [5, 5.41) is 190. The summed E-state index contributed by atoms with van der Waals surface area (Å²) in [4.78, 5) is 73.8. The second kappa shape index (κ2) is 16.5. The molecule has 4 aromatic rings. The average Bonchev–Trinajstić information content (AvgIpc) is 3.23. The van der Waals surface area contributed by atoms with Gasteiger partial charge >= 0.3 is 29.8 Å². The third kappa shape index (κ3) is 6.65. The van der Waals surface area contributed by atoms with Crippen LogP contribution < -0.4 is 4.74 Å². The number of aromatic hydroxyl groups is 11. The molecular formula is C46H38O31. The topological polar surface area (TPSA) is 512 Å². The molecule has 4 aromatic carbocycles. The van der Waals surface area contributed by atoms with E-state index in [4.69, 9.17) is 42.6 Å². The number of cyclic esters (lactones) is 1. The lowest BCUT2D eigenvalue weighted by Gasteiger charge is -2.62. The summed E-state index contributed by atoms with van der Waals surface area (Å²) >= 11 is 0. The number of carbonyl (C=O) groups excluding carboxylic acids is 5. The fraction of sp³-hybridized carbons (Fsp3) is 0.370. The highest BCUT2D eigenvalue weighted by molar-refractivity contribution is 6.08. The first-order chi connectivity index (χ1) is 36.1. The van der Waals surface area contributed by atoms with Crippen molar-refractivity contribution in [2.75, 3.05) is 13.2 Å². The molecule has 6 aliphatic heterocycles. The maximum Gasteiger partial charge on any atom is 0.344 e. The molecule has 31 heteroatoms. The van der Waals surface area contributed by atoms with E-state index in [0.29, 0.717) is 30.3 Å². The van der Waals surface area contributed by atoms with Gasteiger partial charge in [0, 0.05) is 16.7 Å². The standard InChI is InChI=1S/C46H38O31/c47-14-2-1-9(22(51)24(14)53)37(60)76-40-34-33-32(19(71-40)8-70-36(59)10-4-15(48)25(54)27(56)20(10)21-11(38(61)72-33)5-16(49)26(55)28(21)57)75-42(63)43-6-18-31(17(50)7-69-18)74-41(43)44(64,65)46(67,68)45(66)35(43)13-3-12(39(62)73-34)23(52)29(58)30(13)77-45/h1-5,17-19,31-35,40-41,47-58,64-68H,6-8H2/t17-,18+,19+,31+,32+,33-,34+,35-,40-,41-,43+,45+/m0/s1. The fourth-order valence-electron chi connectivity index (χ4n) is 11.0. The van der Waals surface area contributed by atoms with Gasteiger partial charge in [0.2, 0.25) is 35.4 Å². The zero-order valence-electron chi connectivity index (χ0n) is 38.1. The van der Waals surface area contributed by atoms with Crippen molar-refractivity contribution in [2.24, 2.45) is 5.41 Å². The van der Waals surface area contributed by atoms with Gasteiger partial charge in [-0.15, -0.1) is 0 Å². The molecule has 4 fully saturated rings. The van der Waals surface area contributed by atoms with Gasteiger partial charge < -0.3 is 129 Å². The minimum atomic E-state index is -4.48. The highest BCUT2D eigenvalue weighted by atomic mass is 16.8. The van der Waals surface area contributed by atoms with Crippen LogP contribution in [0, 0.1) is 5.41 Å². The highest BCUT2D eigenvalue weighted by Crippen LogP contribution is 2.70. The van der Waals surface area contributed by atoms with Crippen molar-refractivity contribution < 1.29 is 153 Å². The van der Waals surface area contributed by atoms with Gasteiger partial charge in [0.25, 0.3) is 17.4 Å². The predicted molar refractivity (Wildman–Crippen MR) is 230 cm³/mol. The number of hydrogen-bond donors (Lipinski definition) is 17. The molecule has 7 aliphatic rings. The van der Waals surface area contributed by atoms with Crippen LogP contribution in [0.25, 0.3) is 11.1 Å². The normalized spacial score (nSPS) is 32.2. The van der Waals surface area contributed by atoms with Crippen LogP contribution in [0.4, 0.5) is 0 Å². The number of aliphatic hydroxyl groups excluding tert-OH is 1. The lowest BCUT2D eigenvalue weighted by molar-refractivity contribution is -0.501. The van der Waals surface area contributed by atoms with Crippen LogP contribution >= 0.6 is 0 Å². The van der Waals surface area contributed by atoms with Crippen molar-refractivity contribution in [3.63, 3.8) is 0 Å². The highest BCUT2D eigenvalue weighted by Gasteiger charge is 2.87. The Morgan fingerprint density at radius 2 is 1.18 bits per heavy atom. The maximum atomic E-state index is 15.9. The predicted octanol–water partition coefficient (Wildman–Crippen LogP) is -3.01. The molecule has 6 bridgehead atoms. The molecule has 1 saturated carbocycles. The van der Waals surface area contributed by atoms with Crippen LogP contribution in [0.15, 0.2) is 30.3 Å². The number of aliphatic hydroxyl groups is 6. The second-order valence-electron chi connectivity index (χ2n) is 18.9. The Kier molecular flexibility index (Phi) is 10.8. The van der Waals surface area contributed by atoms with Gasteiger partial charge in [-0.25, -0.2) is 19.2 Å². The molecular weight excluding hydrogens is 1050 g/mol. The molecule has 0 unspecified atom stereocenters. The van der Waals surface area contributed by atoms with E-state index in [0.717, 1.165) is 0 Å².